The van der Waals surface area contributed by atoms with Crippen LogP contribution in [0.1, 0.15) is 33.1 Å². The van der Waals surface area contributed by atoms with Gasteiger partial charge in [-0.3, -0.25) is 0 Å². The molecule has 0 aliphatic rings. The number of hydrogen-bond donors (Lipinski definition) is 2. The fourth-order valence-corrected chi connectivity index (χ4v) is 0.592. The summed E-state index contributed by atoms with van der Waals surface area (Å²) < 4.78 is 0. The van der Waals surface area contributed by atoms with Crippen LogP contribution in [-0.4, -0.2) is 18.9 Å². The molecule has 4 N–H and O–H groups in total. The first-order chi connectivity index (χ1) is 5.31. The summed E-state index contributed by atoms with van der Waals surface area (Å²) in [6.45, 7) is 4.69. The van der Waals surface area contributed by atoms with E-state index in [-0.39, 0.29) is 6.04 Å². The minimum Gasteiger partial charge on any atom is -0.330 e. The summed E-state index contributed by atoms with van der Waals surface area (Å²) in [7, 11) is 0. The van der Waals surface area contributed by atoms with Gasteiger partial charge in [0.1, 0.15) is 6.29 Å². The Hall–Kier alpha value is -0.410. The first-order valence-corrected chi connectivity index (χ1v) is 4.22. The van der Waals surface area contributed by atoms with Crippen LogP contribution in [-0.2, 0) is 4.79 Å². The molecule has 0 aromatic rings. The summed E-state index contributed by atoms with van der Waals surface area (Å²) in [5.41, 5.74) is 10.5. The van der Waals surface area contributed by atoms with Crippen LogP contribution in [0.25, 0.3) is 0 Å². The molecule has 0 radical (unpaired) electrons. The Bertz CT molecular complexity index is 76.5. The molecule has 0 amide bonds. The molecule has 1 atom stereocenters. The summed E-state index contributed by atoms with van der Waals surface area (Å²) in [5, 5.41) is 0. The Kier molecular flexibility index (Phi) is 14.7. The molecule has 0 heterocycles. The van der Waals surface area contributed by atoms with Crippen LogP contribution in [0.5, 0.6) is 0 Å². The molecule has 0 aliphatic heterocycles. The van der Waals surface area contributed by atoms with Gasteiger partial charge in [-0.1, -0.05) is 20.3 Å². The third-order valence-corrected chi connectivity index (χ3v) is 1.17. The molecule has 0 spiro atoms. The van der Waals surface area contributed by atoms with Crippen molar-refractivity contribution in [3.63, 3.8) is 0 Å². The molecule has 0 aromatic carbocycles. The zero-order valence-corrected chi connectivity index (χ0v) is 7.55. The number of carbonyl (C=O) groups excluding carboxylic acids is 1. The van der Waals surface area contributed by atoms with Gasteiger partial charge in [-0.25, -0.2) is 0 Å². The third kappa shape index (κ3) is 12.7. The fourth-order valence-electron chi connectivity index (χ4n) is 0.592. The highest BCUT2D eigenvalue weighted by molar-refractivity contribution is 5.56. The molecule has 0 fully saturated rings. The van der Waals surface area contributed by atoms with Crippen molar-refractivity contribution in [3.05, 3.63) is 0 Å². The first kappa shape index (κ1) is 13.2. The van der Waals surface area contributed by atoms with Gasteiger partial charge in [0.15, 0.2) is 0 Å². The van der Waals surface area contributed by atoms with Gasteiger partial charge < -0.3 is 16.3 Å². The van der Waals surface area contributed by atoms with Gasteiger partial charge in [-0.2, -0.15) is 0 Å². The number of rotatable bonds is 5. The molecule has 0 bridgehead atoms. The third-order valence-electron chi connectivity index (χ3n) is 1.17. The normalized spacial score (nSPS) is 11.3. The van der Waals surface area contributed by atoms with Crippen LogP contribution >= 0.6 is 0 Å². The number of hydrogen-bond acceptors (Lipinski definition) is 3. The van der Waals surface area contributed by atoms with Crippen molar-refractivity contribution in [2.24, 2.45) is 11.5 Å². The van der Waals surface area contributed by atoms with Gasteiger partial charge in [-0.15, -0.1) is 0 Å². The smallest absolute Gasteiger partial charge is 0.136 e. The Morgan fingerprint density at radius 1 is 1.36 bits per heavy atom. The lowest BCUT2D eigenvalue weighted by Gasteiger charge is -2.00. The van der Waals surface area contributed by atoms with E-state index >= 15 is 0 Å². The quantitative estimate of drug-likeness (QED) is 0.458. The minimum atomic E-state index is -0.281. The molecule has 1 unspecified atom stereocenters. The highest BCUT2D eigenvalue weighted by Gasteiger charge is 1.96. The molecule has 3 heteroatoms. The van der Waals surface area contributed by atoms with Gasteiger partial charge in [-0.05, 0) is 19.4 Å². The maximum absolute atomic E-state index is 9.94. The van der Waals surface area contributed by atoms with Gasteiger partial charge in [0.2, 0.25) is 0 Å². The lowest BCUT2D eigenvalue weighted by molar-refractivity contribution is -0.109. The molecular weight excluding hydrogens is 140 g/mol. The summed E-state index contributed by atoms with van der Waals surface area (Å²) in [6, 6.07) is -0.281. The Balaban J connectivity index is 0. The van der Waals surface area contributed by atoms with Crippen molar-refractivity contribution in [1.29, 1.82) is 0 Å². The maximum atomic E-state index is 9.94. The molecule has 68 valence electrons. The first-order valence-electron chi connectivity index (χ1n) is 4.22. The van der Waals surface area contributed by atoms with Crippen molar-refractivity contribution in [3.8, 4) is 0 Å². The van der Waals surface area contributed by atoms with Gasteiger partial charge in [0.05, 0.1) is 6.04 Å². The van der Waals surface area contributed by atoms with Crippen molar-refractivity contribution in [2.45, 2.75) is 39.2 Å². The van der Waals surface area contributed by atoms with Crippen LogP contribution in [0.3, 0.4) is 0 Å². The zero-order chi connectivity index (χ0) is 9.11. The number of aldehydes is 1. The Morgan fingerprint density at radius 2 is 1.91 bits per heavy atom. The number of carbonyl (C=O) groups is 1. The monoisotopic (exact) mass is 160 g/mol. The van der Waals surface area contributed by atoms with Crippen molar-refractivity contribution in [1.82, 2.24) is 0 Å². The van der Waals surface area contributed by atoms with Crippen LogP contribution < -0.4 is 11.5 Å². The average molecular weight is 160 g/mol. The van der Waals surface area contributed by atoms with Gasteiger partial charge >= 0.3 is 0 Å². The Morgan fingerprint density at radius 3 is 2.27 bits per heavy atom. The summed E-state index contributed by atoms with van der Waals surface area (Å²) in [6.07, 6.45) is 3.45. The van der Waals surface area contributed by atoms with Crippen molar-refractivity contribution in [2.75, 3.05) is 6.54 Å². The average Bonchev–Trinajstić information content (AvgIpc) is 2.08. The van der Waals surface area contributed by atoms with E-state index < -0.39 is 0 Å². The zero-order valence-electron chi connectivity index (χ0n) is 7.55. The summed E-state index contributed by atoms with van der Waals surface area (Å²) in [5.74, 6) is 0. The van der Waals surface area contributed by atoms with Crippen molar-refractivity contribution >= 4 is 6.29 Å². The van der Waals surface area contributed by atoms with E-state index in [1.54, 1.807) is 0 Å². The van der Waals surface area contributed by atoms with E-state index in [1.807, 2.05) is 13.8 Å². The highest BCUT2D eigenvalue weighted by atomic mass is 16.1. The standard InChI is InChI=1S/C6H14N2O.C2H6/c7-4-2-1-3-6(8)5-9;1-2/h5-6H,1-4,7-8H2;1-2H3. The summed E-state index contributed by atoms with van der Waals surface area (Å²) in [4.78, 5) is 9.94. The fraction of sp³-hybridized carbons (Fsp3) is 0.875. The van der Waals surface area contributed by atoms with E-state index in [0.717, 1.165) is 25.5 Å². The highest BCUT2D eigenvalue weighted by Crippen LogP contribution is 1.94. The largest absolute Gasteiger partial charge is 0.330 e. The van der Waals surface area contributed by atoms with Gasteiger partial charge in [0, 0.05) is 0 Å². The molecule has 11 heavy (non-hydrogen) atoms. The predicted molar refractivity (Wildman–Crippen MR) is 48.3 cm³/mol. The lowest BCUT2D eigenvalue weighted by Crippen LogP contribution is -2.21. The van der Waals surface area contributed by atoms with Crippen molar-refractivity contribution < 1.29 is 4.79 Å². The van der Waals surface area contributed by atoms with Crippen LogP contribution in [0.15, 0.2) is 0 Å². The number of nitrogens with two attached hydrogens (primary N) is 2. The van der Waals surface area contributed by atoms with E-state index in [1.165, 1.54) is 0 Å². The topological polar surface area (TPSA) is 69.1 Å². The molecule has 0 aromatic heterocycles. The Labute approximate surface area is 69.1 Å². The lowest BCUT2D eigenvalue weighted by atomic mass is 10.1. The summed E-state index contributed by atoms with van der Waals surface area (Å²) >= 11 is 0. The predicted octanol–water partition coefficient (Wildman–Crippen LogP) is 0.668. The van der Waals surface area contributed by atoms with E-state index in [4.69, 9.17) is 11.5 Å². The van der Waals surface area contributed by atoms with E-state index in [2.05, 4.69) is 0 Å². The second-order valence-electron chi connectivity index (χ2n) is 2.08. The molecular formula is C8H20N2O. The minimum absolute atomic E-state index is 0.281. The van der Waals surface area contributed by atoms with Crippen LogP contribution in [0, 0.1) is 0 Å². The molecule has 0 rings (SSSR count). The molecule has 0 saturated carbocycles. The molecule has 0 saturated heterocycles. The molecule has 3 nitrogen and oxygen atoms in total. The van der Waals surface area contributed by atoms with Crippen LogP contribution in [0.2, 0.25) is 0 Å². The van der Waals surface area contributed by atoms with E-state index in [9.17, 15) is 4.79 Å². The van der Waals surface area contributed by atoms with E-state index in [0.29, 0.717) is 6.54 Å². The maximum Gasteiger partial charge on any atom is 0.136 e. The number of unbranched alkanes of at least 4 members (excludes halogenated alkanes) is 1. The van der Waals surface area contributed by atoms with Crippen LogP contribution in [0.4, 0.5) is 0 Å². The van der Waals surface area contributed by atoms with Gasteiger partial charge in [0.25, 0.3) is 0 Å². The second kappa shape index (κ2) is 12.3. The second-order valence-corrected chi connectivity index (χ2v) is 2.08. The molecule has 0 aliphatic carbocycles. The SMILES string of the molecule is CC.NCCCCC(N)C=O.